The third-order valence-corrected chi connectivity index (χ3v) is 3.96. The van der Waals surface area contributed by atoms with E-state index >= 15 is 0 Å². The number of benzene rings is 1. The molecular formula is C15H22N2O4. The van der Waals surface area contributed by atoms with Gasteiger partial charge in [-0.1, -0.05) is 13.0 Å². The molecule has 1 heterocycles. The Labute approximate surface area is 124 Å². The van der Waals surface area contributed by atoms with Gasteiger partial charge >= 0.3 is 5.69 Å². The maximum absolute atomic E-state index is 11.4. The van der Waals surface area contributed by atoms with Gasteiger partial charge in [0.25, 0.3) is 0 Å². The first-order chi connectivity index (χ1) is 10.0. The fraction of sp³-hybridized carbons (Fsp3) is 0.600. The van der Waals surface area contributed by atoms with Gasteiger partial charge in [-0.15, -0.1) is 0 Å². The van der Waals surface area contributed by atoms with Crippen molar-refractivity contribution in [1.82, 2.24) is 0 Å². The van der Waals surface area contributed by atoms with Gasteiger partial charge in [0.05, 0.1) is 18.1 Å². The van der Waals surface area contributed by atoms with Crippen LogP contribution < -0.4 is 9.64 Å². The van der Waals surface area contributed by atoms with E-state index in [0.29, 0.717) is 24.6 Å². The van der Waals surface area contributed by atoms with E-state index in [1.165, 1.54) is 0 Å². The van der Waals surface area contributed by atoms with E-state index in [0.717, 1.165) is 19.4 Å². The van der Waals surface area contributed by atoms with Crippen molar-refractivity contribution in [3.63, 3.8) is 0 Å². The lowest BCUT2D eigenvalue weighted by Gasteiger charge is -2.40. The maximum Gasteiger partial charge on any atom is 0.333 e. The van der Waals surface area contributed by atoms with Gasteiger partial charge in [-0.05, 0) is 31.9 Å². The Morgan fingerprint density at radius 3 is 2.90 bits per heavy atom. The minimum atomic E-state index is -0.384. The summed E-state index contributed by atoms with van der Waals surface area (Å²) in [6, 6.07) is 5.16. The lowest BCUT2D eigenvalue weighted by Crippen LogP contribution is -2.43. The summed E-state index contributed by atoms with van der Waals surface area (Å²) in [6.45, 7) is 5.66. The Kier molecular flexibility index (Phi) is 4.67. The van der Waals surface area contributed by atoms with Gasteiger partial charge in [0.1, 0.15) is 5.69 Å². The highest BCUT2D eigenvalue weighted by Gasteiger charge is 2.34. The summed E-state index contributed by atoms with van der Waals surface area (Å²) in [5.74, 6) is 0.302. The fourth-order valence-corrected chi connectivity index (χ4v) is 2.87. The number of anilines is 1. The molecule has 1 atom stereocenters. The predicted octanol–water partition coefficient (Wildman–Crippen LogP) is 2.59. The number of hydrogen-bond donors (Lipinski definition) is 1. The molecule has 1 aromatic carbocycles. The Hall–Kier alpha value is -1.82. The van der Waals surface area contributed by atoms with Crippen LogP contribution in [0.15, 0.2) is 18.2 Å². The molecule has 1 aromatic rings. The molecular weight excluding hydrogens is 272 g/mol. The van der Waals surface area contributed by atoms with Gasteiger partial charge in [-0.2, -0.15) is 0 Å². The summed E-state index contributed by atoms with van der Waals surface area (Å²) < 4.78 is 5.39. The van der Waals surface area contributed by atoms with Gasteiger partial charge in [-0.25, -0.2) is 0 Å². The zero-order chi connectivity index (χ0) is 15.5. The standard InChI is InChI=1S/C15H22N2O4/c1-3-21-13-7-4-6-12(14(13)17(19)20)16-9-5-8-15(2,10-16)11-18/h4,6-7,18H,3,5,8-11H2,1-2H3. The SMILES string of the molecule is CCOc1cccc(N2CCCC(C)(CO)C2)c1[N+](=O)[O-]. The molecule has 2 rings (SSSR count). The van der Waals surface area contributed by atoms with Crippen LogP contribution in [0.3, 0.4) is 0 Å². The van der Waals surface area contributed by atoms with Crippen LogP contribution >= 0.6 is 0 Å². The first kappa shape index (κ1) is 15.6. The molecule has 1 aliphatic rings. The third-order valence-electron chi connectivity index (χ3n) is 3.96. The topological polar surface area (TPSA) is 75.8 Å². The average Bonchev–Trinajstić information content (AvgIpc) is 2.47. The van der Waals surface area contributed by atoms with Crippen LogP contribution in [0.25, 0.3) is 0 Å². The van der Waals surface area contributed by atoms with Crippen molar-refractivity contribution < 1.29 is 14.8 Å². The molecule has 0 saturated carbocycles. The monoisotopic (exact) mass is 294 g/mol. The number of nitro groups is 1. The quantitative estimate of drug-likeness (QED) is 0.667. The molecule has 1 fully saturated rings. The molecule has 1 N–H and O–H groups in total. The lowest BCUT2D eigenvalue weighted by atomic mass is 9.82. The van der Waals surface area contributed by atoms with Gasteiger partial charge in [-0.3, -0.25) is 10.1 Å². The number of ether oxygens (including phenoxy) is 1. The van der Waals surface area contributed by atoms with Gasteiger partial charge < -0.3 is 14.7 Å². The summed E-state index contributed by atoms with van der Waals surface area (Å²) in [5, 5.41) is 21.0. The van der Waals surface area contributed by atoms with E-state index in [9.17, 15) is 15.2 Å². The molecule has 1 aliphatic heterocycles. The smallest absolute Gasteiger partial charge is 0.333 e. The molecule has 0 spiro atoms. The van der Waals surface area contributed by atoms with Crippen molar-refractivity contribution in [2.75, 3.05) is 31.2 Å². The largest absolute Gasteiger partial charge is 0.487 e. The number of nitro benzene ring substituents is 1. The van der Waals surface area contributed by atoms with Gasteiger partial charge in [0.15, 0.2) is 5.75 Å². The molecule has 6 nitrogen and oxygen atoms in total. The lowest BCUT2D eigenvalue weighted by molar-refractivity contribution is -0.385. The second-order valence-corrected chi connectivity index (χ2v) is 5.81. The molecule has 0 radical (unpaired) electrons. The van der Waals surface area contributed by atoms with Crippen LogP contribution in [0.4, 0.5) is 11.4 Å². The van der Waals surface area contributed by atoms with Crippen molar-refractivity contribution in [2.24, 2.45) is 5.41 Å². The minimum Gasteiger partial charge on any atom is -0.487 e. The molecule has 0 aromatic heterocycles. The number of rotatable bonds is 5. The number of nitrogens with zero attached hydrogens (tertiary/aromatic N) is 2. The summed E-state index contributed by atoms with van der Waals surface area (Å²) in [7, 11) is 0. The van der Waals surface area contributed by atoms with Crippen LogP contribution in [-0.2, 0) is 0 Å². The predicted molar refractivity (Wildman–Crippen MR) is 80.9 cm³/mol. The van der Waals surface area contributed by atoms with Crippen LogP contribution in [-0.4, -0.2) is 36.3 Å². The first-order valence-corrected chi connectivity index (χ1v) is 7.27. The molecule has 1 unspecified atom stereocenters. The minimum absolute atomic E-state index is 0.0153. The normalized spacial score (nSPS) is 22.1. The zero-order valence-electron chi connectivity index (χ0n) is 12.5. The van der Waals surface area contributed by atoms with Crippen molar-refractivity contribution in [3.05, 3.63) is 28.3 Å². The van der Waals surface area contributed by atoms with Crippen molar-refractivity contribution in [3.8, 4) is 5.75 Å². The van der Waals surface area contributed by atoms with Crippen LogP contribution in [0.5, 0.6) is 5.75 Å². The molecule has 6 heteroatoms. The Morgan fingerprint density at radius 2 is 2.29 bits per heavy atom. The molecule has 0 bridgehead atoms. The second-order valence-electron chi connectivity index (χ2n) is 5.81. The van der Waals surface area contributed by atoms with E-state index in [-0.39, 0.29) is 22.6 Å². The highest BCUT2D eigenvalue weighted by atomic mass is 16.6. The maximum atomic E-state index is 11.4. The van der Waals surface area contributed by atoms with Crippen LogP contribution in [0.1, 0.15) is 26.7 Å². The molecule has 0 aliphatic carbocycles. The van der Waals surface area contributed by atoms with Gasteiger partial charge in [0, 0.05) is 18.5 Å². The highest BCUT2D eigenvalue weighted by molar-refractivity contribution is 5.70. The summed E-state index contributed by atoms with van der Waals surface area (Å²) in [6.07, 6.45) is 1.84. The molecule has 21 heavy (non-hydrogen) atoms. The number of aliphatic hydroxyl groups excluding tert-OH is 1. The number of hydrogen-bond acceptors (Lipinski definition) is 5. The van der Waals surface area contributed by atoms with Crippen molar-refractivity contribution in [1.29, 1.82) is 0 Å². The molecule has 1 saturated heterocycles. The third kappa shape index (κ3) is 3.26. The van der Waals surface area contributed by atoms with E-state index in [2.05, 4.69) is 0 Å². The Balaban J connectivity index is 2.38. The van der Waals surface area contributed by atoms with E-state index in [1.807, 2.05) is 11.8 Å². The Bertz CT molecular complexity index is 520. The fourth-order valence-electron chi connectivity index (χ4n) is 2.87. The van der Waals surface area contributed by atoms with Crippen molar-refractivity contribution >= 4 is 11.4 Å². The highest BCUT2D eigenvalue weighted by Crippen LogP contribution is 2.40. The second kappa shape index (κ2) is 6.30. The van der Waals surface area contributed by atoms with Crippen LogP contribution in [0, 0.1) is 15.5 Å². The molecule has 116 valence electrons. The van der Waals surface area contributed by atoms with E-state index in [1.54, 1.807) is 25.1 Å². The number of piperidine rings is 1. The average molecular weight is 294 g/mol. The van der Waals surface area contributed by atoms with Crippen molar-refractivity contribution in [2.45, 2.75) is 26.7 Å². The summed E-state index contributed by atoms with van der Waals surface area (Å²) >= 11 is 0. The van der Waals surface area contributed by atoms with Gasteiger partial charge in [0.2, 0.25) is 0 Å². The first-order valence-electron chi connectivity index (χ1n) is 7.27. The summed E-state index contributed by atoms with van der Waals surface area (Å²) in [5.41, 5.74) is 0.375. The summed E-state index contributed by atoms with van der Waals surface area (Å²) in [4.78, 5) is 13.0. The number of aliphatic hydroxyl groups is 1. The van der Waals surface area contributed by atoms with E-state index in [4.69, 9.17) is 4.74 Å². The van der Waals surface area contributed by atoms with E-state index < -0.39 is 0 Å². The zero-order valence-corrected chi connectivity index (χ0v) is 12.5. The molecule has 0 amide bonds. The number of para-hydroxylation sites is 1. The Morgan fingerprint density at radius 1 is 1.52 bits per heavy atom. The van der Waals surface area contributed by atoms with Crippen LogP contribution in [0.2, 0.25) is 0 Å².